The molecule has 0 bridgehead atoms. The van der Waals surface area contributed by atoms with E-state index in [-0.39, 0.29) is 11.3 Å². The standard InChI is InChI=1S/C8H4F3NO/c9-8(10,11)13-7-3-1-2-6(4-7)5-12/h1-4H. The number of rotatable bonds is 1. The van der Waals surface area contributed by atoms with Crippen LogP contribution in [0, 0.1) is 11.3 Å². The molecule has 13 heavy (non-hydrogen) atoms. The Morgan fingerprint density at radius 1 is 1.31 bits per heavy atom. The van der Waals surface area contributed by atoms with Gasteiger partial charge in [0.2, 0.25) is 0 Å². The van der Waals surface area contributed by atoms with Crippen LogP contribution in [0.4, 0.5) is 13.2 Å². The van der Waals surface area contributed by atoms with Crippen molar-refractivity contribution in [2.45, 2.75) is 6.36 Å². The van der Waals surface area contributed by atoms with Crippen molar-refractivity contribution >= 4 is 0 Å². The Morgan fingerprint density at radius 3 is 2.54 bits per heavy atom. The molecule has 0 heterocycles. The minimum atomic E-state index is -4.71. The van der Waals surface area contributed by atoms with E-state index in [1.54, 1.807) is 6.07 Å². The summed E-state index contributed by atoms with van der Waals surface area (Å²) < 4.78 is 38.6. The number of halogens is 3. The molecule has 0 aromatic heterocycles. The zero-order valence-corrected chi connectivity index (χ0v) is 6.30. The molecule has 0 fully saturated rings. The first kappa shape index (κ1) is 9.39. The van der Waals surface area contributed by atoms with Crippen molar-refractivity contribution in [1.29, 1.82) is 5.26 Å². The number of alkyl halides is 3. The Balaban J connectivity index is 2.86. The summed E-state index contributed by atoms with van der Waals surface area (Å²) >= 11 is 0. The van der Waals surface area contributed by atoms with Crippen LogP contribution in [0.15, 0.2) is 24.3 Å². The molecule has 1 aromatic carbocycles. The highest BCUT2D eigenvalue weighted by molar-refractivity contribution is 5.36. The van der Waals surface area contributed by atoms with Crippen molar-refractivity contribution in [3.05, 3.63) is 29.8 Å². The number of hydrogen-bond acceptors (Lipinski definition) is 2. The van der Waals surface area contributed by atoms with Crippen LogP contribution < -0.4 is 4.74 Å². The Morgan fingerprint density at radius 2 is 2.00 bits per heavy atom. The van der Waals surface area contributed by atoms with Gasteiger partial charge in [-0.2, -0.15) is 5.26 Å². The second kappa shape index (κ2) is 3.35. The average molecular weight is 187 g/mol. The molecule has 0 saturated carbocycles. The Kier molecular flexibility index (Phi) is 2.42. The summed E-state index contributed by atoms with van der Waals surface area (Å²) in [5.41, 5.74) is 0.127. The van der Waals surface area contributed by atoms with Gasteiger partial charge in [-0.15, -0.1) is 13.2 Å². The van der Waals surface area contributed by atoms with Gasteiger partial charge in [0, 0.05) is 0 Å². The van der Waals surface area contributed by atoms with Crippen LogP contribution in [0.1, 0.15) is 5.56 Å². The molecule has 1 aromatic rings. The molecule has 0 spiro atoms. The quantitative estimate of drug-likeness (QED) is 0.676. The van der Waals surface area contributed by atoms with Crippen LogP contribution in [0.5, 0.6) is 5.75 Å². The van der Waals surface area contributed by atoms with E-state index in [9.17, 15) is 13.2 Å². The van der Waals surface area contributed by atoms with Gasteiger partial charge in [0.05, 0.1) is 11.6 Å². The molecule has 0 aliphatic rings. The van der Waals surface area contributed by atoms with Gasteiger partial charge in [0.15, 0.2) is 0 Å². The lowest BCUT2D eigenvalue weighted by molar-refractivity contribution is -0.274. The third kappa shape index (κ3) is 3.03. The molecule has 2 nitrogen and oxygen atoms in total. The second-order valence-electron chi connectivity index (χ2n) is 2.19. The lowest BCUT2D eigenvalue weighted by atomic mass is 10.2. The Bertz CT molecular complexity index is 340. The summed E-state index contributed by atoms with van der Waals surface area (Å²) in [4.78, 5) is 0. The van der Waals surface area contributed by atoms with E-state index in [1.807, 2.05) is 0 Å². The van der Waals surface area contributed by atoms with Crippen LogP contribution in [0.3, 0.4) is 0 Å². The topological polar surface area (TPSA) is 33.0 Å². The predicted octanol–water partition coefficient (Wildman–Crippen LogP) is 2.46. The van der Waals surface area contributed by atoms with Gasteiger partial charge in [0.25, 0.3) is 0 Å². The molecule has 0 atom stereocenters. The van der Waals surface area contributed by atoms with Crippen molar-refractivity contribution in [3.8, 4) is 11.8 Å². The maximum atomic E-state index is 11.7. The molecule has 0 saturated heterocycles. The molecule has 5 heteroatoms. The van der Waals surface area contributed by atoms with Gasteiger partial charge < -0.3 is 4.74 Å². The monoisotopic (exact) mass is 187 g/mol. The average Bonchev–Trinajstić information content (AvgIpc) is 2.01. The first-order valence-corrected chi connectivity index (χ1v) is 3.27. The fraction of sp³-hybridized carbons (Fsp3) is 0.125. The highest BCUT2D eigenvalue weighted by Gasteiger charge is 2.31. The van der Waals surface area contributed by atoms with Gasteiger partial charge in [-0.05, 0) is 18.2 Å². The smallest absolute Gasteiger partial charge is 0.406 e. The van der Waals surface area contributed by atoms with Gasteiger partial charge >= 0.3 is 6.36 Å². The molecule has 0 unspecified atom stereocenters. The van der Waals surface area contributed by atoms with Crippen LogP contribution in [0.25, 0.3) is 0 Å². The van der Waals surface area contributed by atoms with Crippen molar-refractivity contribution < 1.29 is 17.9 Å². The molecule has 68 valence electrons. The zero-order valence-electron chi connectivity index (χ0n) is 6.30. The number of ether oxygens (including phenoxy) is 1. The van der Waals surface area contributed by atoms with E-state index in [0.717, 1.165) is 12.1 Å². The number of nitrogens with zero attached hydrogens (tertiary/aromatic N) is 1. The van der Waals surface area contributed by atoms with Crippen molar-refractivity contribution in [3.63, 3.8) is 0 Å². The SMILES string of the molecule is N#Cc1cccc(OC(F)(F)F)c1. The number of benzene rings is 1. The van der Waals surface area contributed by atoms with Crippen LogP contribution >= 0.6 is 0 Å². The minimum Gasteiger partial charge on any atom is -0.406 e. The minimum absolute atomic E-state index is 0.127. The normalized spacial score (nSPS) is 10.6. The van der Waals surface area contributed by atoms with Crippen LogP contribution in [-0.2, 0) is 0 Å². The Labute approximate surface area is 72.2 Å². The molecular formula is C8H4F3NO. The third-order valence-electron chi connectivity index (χ3n) is 1.20. The highest BCUT2D eigenvalue weighted by Crippen LogP contribution is 2.22. The number of hydrogen-bond donors (Lipinski definition) is 0. The highest BCUT2D eigenvalue weighted by atomic mass is 19.4. The summed E-state index contributed by atoms with van der Waals surface area (Å²) in [7, 11) is 0. The van der Waals surface area contributed by atoms with Crippen LogP contribution in [0.2, 0.25) is 0 Å². The fourth-order valence-corrected chi connectivity index (χ4v) is 0.763. The molecule has 0 aliphatic carbocycles. The summed E-state index contributed by atoms with van der Waals surface area (Å²) in [5.74, 6) is -0.383. The van der Waals surface area contributed by atoms with E-state index in [1.165, 1.54) is 12.1 Å². The summed E-state index contributed by atoms with van der Waals surface area (Å²) in [6, 6.07) is 6.57. The van der Waals surface area contributed by atoms with Gasteiger partial charge in [-0.25, -0.2) is 0 Å². The molecule has 0 aliphatic heterocycles. The lowest BCUT2D eigenvalue weighted by Gasteiger charge is -2.07. The summed E-state index contributed by atoms with van der Waals surface area (Å²) in [5, 5.41) is 8.37. The van der Waals surface area contributed by atoms with E-state index in [2.05, 4.69) is 4.74 Å². The fourth-order valence-electron chi connectivity index (χ4n) is 0.763. The maximum Gasteiger partial charge on any atom is 0.573 e. The summed E-state index contributed by atoms with van der Waals surface area (Å²) in [6.07, 6.45) is -4.71. The predicted molar refractivity (Wildman–Crippen MR) is 37.8 cm³/mol. The second-order valence-corrected chi connectivity index (χ2v) is 2.19. The van der Waals surface area contributed by atoms with E-state index in [0.29, 0.717) is 0 Å². The van der Waals surface area contributed by atoms with Crippen molar-refractivity contribution in [1.82, 2.24) is 0 Å². The summed E-state index contributed by atoms with van der Waals surface area (Å²) in [6.45, 7) is 0. The third-order valence-corrected chi connectivity index (χ3v) is 1.20. The first-order valence-electron chi connectivity index (χ1n) is 3.27. The first-order chi connectivity index (χ1) is 6.01. The van der Waals surface area contributed by atoms with Crippen LogP contribution in [-0.4, -0.2) is 6.36 Å². The largest absolute Gasteiger partial charge is 0.573 e. The molecule has 0 amide bonds. The Hall–Kier alpha value is -1.70. The number of nitriles is 1. The lowest BCUT2D eigenvalue weighted by Crippen LogP contribution is -2.17. The van der Waals surface area contributed by atoms with E-state index in [4.69, 9.17) is 5.26 Å². The van der Waals surface area contributed by atoms with E-state index < -0.39 is 6.36 Å². The van der Waals surface area contributed by atoms with Crippen molar-refractivity contribution in [2.24, 2.45) is 0 Å². The van der Waals surface area contributed by atoms with Gasteiger partial charge in [0.1, 0.15) is 5.75 Å². The van der Waals surface area contributed by atoms with Gasteiger partial charge in [-0.1, -0.05) is 6.07 Å². The van der Waals surface area contributed by atoms with Crippen molar-refractivity contribution in [2.75, 3.05) is 0 Å². The molecular weight excluding hydrogens is 183 g/mol. The zero-order chi connectivity index (χ0) is 9.90. The molecule has 0 N–H and O–H groups in total. The van der Waals surface area contributed by atoms with E-state index >= 15 is 0 Å². The molecule has 1 rings (SSSR count). The maximum absolute atomic E-state index is 11.7. The molecule has 0 radical (unpaired) electrons. The van der Waals surface area contributed by atoms with Gasteiger partial charge in [-0.3, -0.25) is 0 Å².